The standard InChI is InChI=1S/C9H13NO2/c1-7(12-2)9(11)8-4-3-5-10-6-8/h3-7,9,11H,1-2H3. The molecular weight excluding hydrogens is 154 g/mol. The van der Waals surface area contributed by atoms with Crippen LogP contribution in [0, 0.1) is 0 Å². The predicted molar refractivity (Wildman–Crippen MR) is 45.7 cm³/mol. The van der Waals surface area contributed by atoms with Crippen molar-refractivity contribution < 1.29 is 9.84 Å². The molecule has 2 atom stereocenters. The minimum Gasteiger partial charge on any atom is -0.386 e. The van der Waals surface area contributed by atoms with Gasteiger partial charge in [-0.3, -0.25) is 4.98 Å². The normalized spacial score (nSPS) is 15.6. The monoisotopic (exact) mass is 167 g/mol. The van der Waals surface area contributed by atoms with E-state index in [0.717, 1.165) is 5.56 Å². The van der Waals surface area contributed by atoms with Gasteiger partial charge in [-0.1, -0.05) is 6.07 Å². The molecule has 1 aromatic rings. The molecule has 0 aliphatic rings. The van der Waals surface area contributed by atoms with Crippen molar-refractivity contribution in [1.82, 2.24) is 4.98 Å². The molecule has 1 aromatic heterocycles. The van der Waals surface area contributed by atoms with Crippen molar-refractivity contribution in [2.75, 3.05) is 7.11 Å². The average Bonchev–Trinajstić information content (AvgIpc) is 2.17. The molecule has 66 valence electrons. The summed E-state index contributed by atoms with van der Waals surface area (Å²) in [5.74, 6) is 0. The number of methoxy groups -OCH3 is 1. The number of ether oxygens (including phenoxy) is 1. The SMILES string of the molecule is COC(C)C(O)c1cccnc1. The predicted octanol–water partition coefficient (Wildman–Crippen LogP) is 1.15. The summed E-state index contributed by atoms with van der Waals surface area (Å²) in [6, 6.07) is 3.62. The van der Waals surface area contributed by atoms with Gasteiger partial charge < -0.3 is 9.84 Å². The number of hydrogen-bond donors (Lipinski definition) is 1. The summed E-state index contributed by atoms with van der Waals surface area (Å²) in [7, 11) is 1.57. The Bertz CT molecular complexity index is 225. The number of aliphatic hydroxyl groups excluding tert-OH is 1. The topological polar surface area (TPSA) is 42.4 Å². The molecule has 0 aliphatic carbocycles. The lowest BCUT2D eigenvalue weighted by atomic mass is 10.1. The lowest BCUT2D eigenvalue weighted by Gasteiger charge is -2.16. The summed E-state index contributed by atoms with van der Waals surface area (Å²) >= 11 is 0. The largest absolute Gasteiger partial charge is 0.386 e. The van der Waals surface area contributed by atoms with E-state index in [1.807, 2.05) is 13.0 Å². The number of rotatable bonds is 3. The third-order valence-electron chi connectivity index (χ3n) is 1.84. The quantitative estimate of drug-likeness (QED) is 0.734. The van der Waals surface area contributed by atoms with Crippen LogP contribution in [0.4, 0.5) is 0 Å². The molecule has 2 unspecified atom stereocenters. The van der Waals surface area contributed by atoms with Crippen molar-refractivity contribution in [3.05, 3.63) is 30.1 Å². The van der Waals surface area contributed by atoms with Crippen LogP contribution in [0.15, 0.2) is 24.5 Å². The summed E-state index contributed by atoms with van der Waals surface area (Å²) in [5.41, 5.74) is 0.784. The fourth-order valence-electron chi connectivity index (χ4n) is 0.951. The van der Waals surface area contributed by atoms with Gasteiger partial charge in [-0.25, -0.2) is 0 Å². The first-order valence-corrected chi connectivity index (χ1v) is 3.86. The highest BCUT2D eigenvalue weighted by Crippen LogP contribution is 2.16. The van der Waals surface area contributed by atoms with Gasteiger partial charge in [0.1, 0.15) is 6.10 Å². The second-order valence-corrected chi connectivity index (χ2v) is 2.67. The first-order valence-electron chi connectivity index (χ1n) is 3.86. The van der Waals surface area contributed by atoms with Gasteiger partial charge in [0.15, 0.2) is 0 Å². The zero-order valence-corrected chi connectivity index (χ0v) is 7.27. The average molecular weight is 167 g/mol. The number of aliphatic hydroxyl groups is 1. The van der Waals surface area contributed by atoms with Crippen molar-refractivity contribution in [3.63, 3.8) is 0 Å². The fraction of sp³-hybridized carbons (Fsp3) is 0.444. The van der Waals surface area contributed by atoms with Crippen LogP contribution in [0.2, 0.25) is 0 Å². The highest BCUT2D eigenvalue weighted by molar-refractivity contribution is 5.12. The molecule has 0 amide bonds. The van der Waals surface area contributed by atoms with Crippen LogP contribution in [0.1, 0.15) is 18.6 Å². The van der Waals surface area contributed by atoms with Crippen LogP contribution < -0.4 is 0 Å². The smallest absolute Gasteiger partial charge is 0.106 e. The Kier molecular flexibility index (Phi) is 3.19. The van der Waals surface area contributed by atoms with E-state index in [-0.39, 0.29) is 6.10 Å². The van der Waals surface area contributed by atoms with Gasteiger partial charge in [0.25, 0.3) is 0 Å². The molecule has 1 N–H and O–H groups in total. The highest BCUT2D eigenvalue weighted by Gasteiger charge is 2.14. The summed E-state index contributed by atoms with van der Waals surface area (Å²) in [6.45, 7) is 1.82. The number of nitrogens with zero attached hydrogens (tertiary/aromatic N) is 1. The third-order valence-corrected chi connectivity index (χ3v) is 1.84. The first-order chi connectivity index (χ1) is 5.75. The molecule has 0 aromatic carbocycles. The Morgan fingerprint density at radius 1 is 1.58 bits per heavy atom. The Balaban J connectivity index is 2.71. The lowest BCUT2D eigenvalue weighted by molar-refractivity contribution is -0.00158. The van der Waals surface area contributed by atoms with Crippen LogP contribution in [-0.2, 0) is 4.74 Å². The molecule has 0 saturated carbocycles. The van der Waals surface area contributed by atoms with Gasteiger partial charge in [-0.05, 0) is 13.0 Å². The summed E-state index contributed by atoms with van der Waals surface area (Å²) < 4.78 is 4.99. The molecule has 1 rings (SSSR count). The van der Waals surface area contributed by atoms with Gasteiger partial charge in [0.05, 0.1) is 6.10 Å². The zero-order chi connectivity index (χ0) is 8.97. The van der Waals surface area contributed by atoms with Crippen LogP contribution in [0.5, 0.6) is 0 Å². The van der Waals surface area contributed by atoms with E-state index in [1.165, 1.54) is 0 Å². The van der Waals surface area contributed by atoms with E-state index < -0.39 is 6.10 Å². The Hall–Kier alpha value is -0.930. The summed E-state index contributed by atoms with van der Waals surface area (Å²) in [4.78, 5) is 3.91. The molecule has 0 radical (unpaired) electrons. The Morgan fingerprint density at radius 3 is 2.83 bits per heavy atom. The van der Waals surface area contributed by atoms with Crippen molar-refractivity contribution >= 4 is 0 Å². The maximum atomic E-state index is 9.62. The van der Waals surface area contributed by atoms with Crippen LogP contribution in [0.25, 0.3) is 0 Å². The maximum Gasteiger partial charge on any atom is 0.106 e. The molecule has 0 bridgehead atoms. The molecular formula is C9H13NO2. The number of pyridine rings is 1. The number of hydrogen-bond acceptors (Lipinski definition) is 3. The molecule has 12 heavy (non-hydrogen) atoms. The van der Waals surface area contributed by atoms with Crippen LogP contribution in [0.3, 0.4) is 0 Å². The Labute approximate surface area is 72.0 Å². The van der Waals surface area contributed by atoms with Gasteiger partial charge in [-0.2, -0.15) is 0 Å². The Morgan fingerprint density at radius 2 is 2.33 bits per heavy atom. The third kappa shape index (κ3) is 2.03. The summed E-state index contributed by atoms with van der Waals surface area (Å²) in [5, 5.41) is 9.62. The number of aromatic nitrogens is 1. The van der Waals surface area contributed by atoms with Crippen molar-refractivity contribution in [1.29, 1.82) is 0 Å². The molecule has 3 nitrogen and oxygen atoms in total. The molecule has 0 aliphatic heterocycles. The van der Waals surface area contributed by atoms with Crippen molar-refractivity contribution in [2.45, 2.75) is 19.1 Å². The molecule has 1 heterocycles. The lowest BCUT2D eigenvalue weighted by Crippen LogP contribution is -2.16. The van der Waals surface area contributed by atoms with Gasteiger partial charge in [0, 0.05) is 25.1 Å². The van der Waals surface area contributed by atoms with E-state index in [0.29, 0.717) is 0 Å². The molecule has 3 heteroatoms. The fourth-order valence-corrected chi connectivity index (χ4v) is 0.951. The maximum absolute atomic E-state index is 9.62. The molecule has 0 spiro atoms. The van der Waals surface area contributed by atoms with Gasteiger partial charge >= 0.3 is 0 Å². The second kappa shape index (κ2) is 4.18. The highest BCUT2D eigenvalue weighted by atomic mass is 16.5. The van der Waals surface area contributed by atoms with E-state index in [1.54, 1.807) is 25.6 Å². The summed E-state index contributed by atoms with van der Waals surface area (Å²) in [6.07, 6.45) is 2.52. The second-order valence-electron chi connectivity index (χ2n) is 2.67. The van der Waals surface area contributed by atoms with Gasteiger partial charge in [-0.15, -0.1) is 0 Å². The van der Waals surface area contributed by atoms with E-state index in [2.05, 4.69) is 4.98 Å². The van der Waals surface area contributed by atoms with Crippen LogP contribution >= 0.6 is 0 Å². The first kappa shape index (κ1) is 9.16. The van der Waals surface area contributed by atoms with Crippen molar-refractivity contribution in [2.24, 2.45) is 0 Å². The minimum absolute atomic E-state index is 0.200. The minimum atomic E-state index is -0.594. The van der Waals surface area contributed by atoms with Crippen LogP contribution in [-0.4, -0.2) is 23.3 Å². The van der Waals surface area contributed by atoms with Gasteiger partial charge in [0.2, 0.25) is 0 Å². The van der Waals surface area contributed by atoms with Crippen molar-refractivity contribution in [3.8, 4) is 0 Å². The zero-order valence-electron chi connectivity index (χ0n) is 7.27. The van der Waals surface area contributed by atoms with E-state index in [9.17, 15) is 5.11 Å². The van der Waals surface area contributed by atoms with E-state index in [4.69, 9.17) is 4.74 Å². The molecule has 0 fully saturated rings. The van der Waals surface area contributed by atoms with E-state index >= 15 is 0 Å². The molecule has 0 saturated heterocycles.